The van der Waals surface area contributed by atoms with Crippen molar-refractivity contribution >= 4 is 21.8 Å². The van der Waals surface area contributed by atoms with Crippen molar-refractivity contribution in [3.8, 4) is 0 Å². The lowest BCUT2D eigenvalue weighted by molar-refractivity contribution is 0.287. The van der Waals surface area contributed by atoms with Crippen molar-refractivity contribution in [1.29, 1.82) is 5.41 Å². The maximum Gasteiger partial charge on any atom is 0.184 e. The summed E-state index contributed by atoms with van der Waals surface area (Å²) >= 11 is 3.45. The third-order valence-electron chi connectivity index (χ3n) is 2.08. The third-order valence-corrected chi connectivity index (χ3v) is 2.86. The van der Waals surface area contributed by atoms with E-state index in [1.807, 2.05) is 24.3 Å². The monoisotopic (exact) mass is 269 g/mol. The number of rotatable bonds is 5. The molecule has 0 amide bonds. The first-order valence-electron chi connectivity index (χ1n) is 5.17. The van der Waals surface area contributed by atoms with Gasteiger partial charge in [-0.15, -0.1) is 0 Å². The van der Waals surface area contributed by atoms with Crippen molar-refractivity contribution in [3.63, 3.8) is 0 Å². The Balaban J connectivity index is 2.41. The predicted molar refractivity (Wildman–Crippen MR) is 66.4 cm³/mol. The molecule has 0 aliphatic rings. The second-order valence-electron chi connectivity index (χ2n) is 3.39. The highest BCUT2D eigenvalue weighted by molar-refractivity contribution is 9.10. The number of halogens is 1. The molecule has 0 aliphatic carbocycles. The van der Waals surface area contributed by atoms with Gasteiger partial charge >= 0.3 is 0 Å². The van der Waals surface area contributed by atoms with Gasteiger partial charge in [-0.1, -0.05) is 47.5 Å². The Morgan fingerprint density at radius 1 is 1.40 bits per heavy atom. The van der Waals surface area contributed by atoms with Gasteiger partial charge < -0.3 is 4.74 Å². The van der Waals surface area contributed by atoms with Crippen LogP contribution in [-0.4, -0.2) is 12.5 Å². The number of ether oxygens (including phenoxy) is 1. The first kappa shape index (κ1) is 12.2. The van der Waals surface area contributed by atoms with E-state index in [1.54, 1.807) is 0 Å². The molecule has 0 aromatic heterocycles. The van der Waals surface area contributed by atoms with E-state index in [0.717, 1.165) is 22.9 Å². The first-order chi connectivity index (χ1) is 7.24. The van der Waals surface area contributed by atoms with Crippen molar-refractivity contribution in [1.82, 2.24) is 0 Å². The summed E-state index contributed by atoms with van der Waals surface area (Å²) in [5, 5.41) is 7.66. The van der Waals surface area contributed by atoms with Gasteiger partial charge in [-0.3, -0.25) is 5.41 Å². The normalized spacial score (nSPS) is 10.0. The van der Waals surface area contributed by atoms with Gasteiger partial charge in [0.05, 0.1) is 6.61 Å². The molecule has 0 bridgehead atoms. The molecule has 3 heteroatoms. The standard InChI is InChI=1S/C12H16BrNO/c1-2-3-8-15-12(14)9-10-6-4-5-7-11(10)13/h4-7,14H,2-3,8-9H2,1H3. The fourth-order valence-corrected chi connectivity index (χ4v) is 1.63. The molecule has 15 heavy (non-hydrogen) atoms. The maximum absolute atomic E-state index is 7.66. The van der Waals surface area contributed by atoms with Crippen LogP contribution in [-0.2, 0) is 11.2 Å². The van der Waals surface area contributed by atoms with Crippen molar-refractivity contribution in [3.05, 3.63) is 34.3 Å². The summed E-state index contributed by atoms with van der Waals surface area (Å²) in [6.45, 7) is 2.76. The summed E-state index contributed by atoms with van der Waals surface area (Å²) in [5.74, 6) is 0.343. The van der Waals surface area contributed by atoms with Crippen molar-refractivity contribution in [2.24, 2.45) is 0 Å². The molecule has 0 saturated heterocycles. The average Bonchev–Trinajstić information content (AvgIpc) is 2.22. The van der Waals surface area contributed by atoms with E-state index in [9.17, 15) is 0 Å². The third kappa shape index (κ3) is 4.47. The van der Waals surface area contributed by atoms with Crippen LogP contribution < -0.4 is 0 Å². The van der Waals surface area contributed by atoms with E-state index >= 15 is 0 Å². The molecule has 0 unspecified atom stereocenters. The minimum absolute atomic E-state index is 0.343. The van der Waals surface area contributed by atoms with Gasteiger partial charge in [0.1, 0.15) is 0 Å². The van der Waals surface area contributed by atoms with Crippen LogP contribution >= 0.6 is 15.9 Å². The van der Waals surface area contributed by atoms with E-state index in [2.05, 4.69) is 22.9 Å². The number of hydrogen-bond acceptors (Lipinski definition) is 2. The first-order valence-corrected chi connectivity index (χ1v) is 5.97. The lowest BCUT2D eigenvalue weighted by Crippen LogP contribution is -2.08. The maximum atomic E-state index is 7.66. The molecule has 2 nitrogen and oxygen atoms in total. The van der Waals surface area contributed by atoms with E-state index in [0.29, 0.717) is 18.9 Å². The summed E-state index contributed by atoms with van der Waals surface area (Å²) in [6.07, 6.45) is 2.67. The molecular weight excluding hydrogens is 254 g/mol. The zero-order chi connectivity index (χ0) is 11.1. The molecule has 82 valence electrons. The minimum Gasteiger partial charge on any atom is -0.481 e. The summed E-state index contributed by atoms with van der Waals surface area (Å²) < 4.78 is 6.34. The van der Waals surface area contributed by atoms with Crippen molar-refractivity contribution < 1.29 is 4.74 Å². The summed E-state index contributed by atoms with van der Waals surface area (Å²) in [6, 6.07) is 7.92. The van der Waals surface area contributed by atoms with Crippen LogP contribution in [0.25, 0.3) is 0 Å². The number of nitrogens with one attached hydrogen (secondary N) is 1. The fraction of sp³-hybridized carbons (Fsp3) is 0.417. The average molecular weight is 270 g/mol. The second kappa shape index (κ2) is 6.62. The zero-order valence-electron chi connectivity index (χ0n) is 8.92. The van der Waals surface area contributed by atoms with Gasteiger partial charge in [-0.2, -0.15) is 0 Å². The van der Waals surface area contributed by atoms with Gasteiger partial charge in [0.15, 0.2) is 5.90 Å². The molecule has 0 heterocycles. The Hall–Kier alpha value is -0.830. The molecule has 0 fully saturated rings. The van der Waals surface area contributed by atoms with Crippen LogP contribution in [0.1, 0.15) is 25.3 Å². The van der Waals surface area contributed by atoms with Crippen LogP contribution in [0, 0.1) is 5.41 Å². The lowest BCUT2D eigenvalue weighted by atomic mass is 10.1. The molecule has 1 rings (SSSR count). The molecule has 1 aromatic rings. The Morgan fingerprint density at radius 2 is 2.13 bits per heavy atom. The van der Waals surface area contributed by atoms with E-state index in [4.69, 9.17) is 10.1 Å². The van der Waals surface area contributed by atoms with Gasteiger partial charge in [-0.05, 0) is 18.1 Å². The Kier molecular flexibility index (Phi) is 5.40. The molecule has 0 atom stereocenters. The Bertz CT molecular complexity index is 325. The van der Waals surface area contributed by atoms with Gasteiger partial charge in [0, 0.05) is 10.9 Å². The molecular formula is C12H16BrNO. The molecule has 0 radical (unpaired) electrons. The summed E-state index contributed by atoms with van der Waals surface area (Å²) in [7, 11) is 0. The van der Waals surface area contributed by atoms with E-state index < -0.39 is 0 Å². The summed E-state index contributed by atoms with van der Waals surface area (Å²) in [5.41, 5.74) is 1.10. The highest BCUT2D eigenvalue weighted by Gasteiger charge is 2.03. The highest BCUT2D eigenvalue weighted by atomic mass is 79.9. The SMILES string of the molecule is CCCCOC(=N)Cc1ccccc1Br. The van der Waals surface area contributed by atoms with Gasteiger partial charge in [0.2, 0.25) is 0 Å². The number of hydrogen-bond donors (Lipinski definition) is 1. The van der Waals surface area contributed by atoms with Crippen LogP contribution in [0.15, 0.2) is 28.7 Å². The fourth-order valence-electron chi connectivity index (χ4n) is 1.21. The number of benzene rings is 1. The Morgan fingerprint density at radius 3 is 2.80 bits per heavy atom. The van der Waals surface area contributed by atoms with E-state index in [1.165, 1.54) is 0 Å². The second-order valence-corrected chi connectivity index (χ2v) is 4.25. The topological polar surface area (TPSA) is 33.1 Å². The van der Waals surface area contributed by atoms with E-state index in [-0.39, 0.29) is 0 Å². The molecule has 0 saturated carbocycles. The van der Waals surface area contributed by atoms with Crippen molar-refractivity contribution in [2.75, 3.05) is 6.61 Å². The highest BCUT2D eigenvalue weighted by Crippen LogP contribution is 2.16. The van der Waals surface area contributed by atoms with Gasteiger partial charge in [-0.25, -0.2) is 0 Å². The van der Waals surface area contributed by atoms with Crippen LogP contribution in [0.5, 0.6) is 0 Å². The van der Waals surface area contributed by atoms with Gasteiger partial charge in [0.25, 0.3) is 0 Å². The Labute approximate surface area is 99.3 Å². The molecule has 0 spiro atoms. The smallest absolute Gasteiger partial charge is 0.184 e. The number of unbranched alkanes of at least 4 members (excludes halogenated alkanes) is 1. The van der Waals surface area contributed by atoms with Crippen LogP contribution in [0.2, 0.25) is 0 Å². The predicted octanol–water partition coefficient (Wildman–Crippen LogP) is 3.79. The lowest BCUT2D eigenvalue weighted by Gasteiger charge is -2.07. The molecule has 1 N–H and O–H groups in total. The van der Waals surface area contributed by atoms with Crippen LogP contribution in [0.4, 0.5) is 0 Å². The largest absolute Gasteiger partial charge is 0.481 e. The van der Waals surface area contributed by atoms with Crippen molar-refractivity contribution in [2.45, 2.75) is 26.2 Å². The summed E-state index contributed by atoms with van der Waals surface area (Å²) in [4.78, 5) is 0. The quantitative estimate of drug-likeness (QED) is 0.493. The molecule has 1 aromatic carbocycles. The zero-order valence-corrected chi connectivity index (χ0v) is 10.5. The van der Waals surface area contributed by atoms with Crippen LogP contribution in [0.3, 0.4) is 0 Å². The molecule has 0 aliphatic heterocycles. The minimum atomic E-state index is 0.343.